The molecular formula is C21H40IN7O. The number of hydrogen-bond donors (Lipinski definition) is 1. The Hall–Kier alpha value is -0.940. The molecule has 1 N–H and O–H groups in total. The van der Waals surface area contributed by atoms with Gasteiger partial charge in [0.05, 0.1) is 13.2 Å². The lowest BCUT2D eigenvalue weighted by Gasteiger charge is -2.28. The number of hydrogen-bond acceptors (Lipinski definition) is 5. The number of rotatable bonds is 8. The highest BCUT2D eigenvalue weighted by Gasteiger charge is 2.29. The van der Waals surface area contributed by atoms with Crippen LogP contribution in [0.2, 0.25) is 0 Å². The number of likely N-dealkylation sites (tertiary alicyclic amines) is 1. The van der Waals surface area contributed by atoms with Crippen molar-refractivity contribution in [2.75, 3.05) is 52.5 Å². The average molecular weight is 534 g/mol. The van der Waals surface area contributed by atoms with Crippen molar-refractivity contribution in [1.29, 1.82) is 0 Å². The lowest BCUT2D eigenvalue weighted by molar-refractivity contribution is 0.0388. The van der Waals surface area contributed by atoms with Crippen molar-refractivity contribution in [1.82, 2.24) is 29.9 Å². The van der Waals surface area contributed by atoms with Crippen molar-refractivity contribution in [3.63, 3.8) is 0 Å². The van der Waals surface area contributed by atoms with Crippen molar-refractivity contribution < 1.29 is 4.74 Å². The number of halogens is 1. The summed E-state index contributed by atoms with van der Waals surface area (Å²) >= 11 is 0. The molecule has 0 aromatic carbocycles. The maximum atomic E-state index is 5.46. The summed E-state index contributed by atoms with van der Waals surface area (Å²) in [7, 11) is 2.00. The monoisotopic (exact) mass is 533 g/mol. The van der Waals surface area contributed by atoms with Crippen LogP contribution in [-0.4, -0.2) is 83.0 Å². The maximum absolute atomic E-state index is 5.46. The van der Waals surface area contributed by atoms with Crippen LogP contribution in [0.3, 0.4) is 0 Å². The van der Waals surface area contributed by atoms with Crippen LogP contribution in [0.15, 0.2) is 4.99 Å². The van der Waals surface area contributed by atoms with E-state index < -0.39 is 0 Å². The highest BCUT2D eigenvalue weighted by Crippen LogP contribution is 2.28. The molecule has 1 aromatic rings. The maximum Gasteiger partial charge on any atom is 0.194 e. The van der Waals surface area contributed by atoms with Gasteiger partial charge < -0.3 is 19.5 Å². The summed E-state index contributed by atoms with van der Waals surface area (Å²) in [6.45, 7) is 15.0. The van der Waals surface area contributed by atoms with Crippen molar-refractivity contribution in [3.05, 3.63) is 11.6 Å². The number of aliphatic imine (C=N–C) groups is 1. The Morgan fingerprint density at radius 2 is 1.93 bits per heavy atom. The van der Waals surface area contributed by atoms with Crippen LogP contribution in [-0.2, 0) is 18.3 Å². The fourth-order valence-electron chi connectivity index (χ4n) is 4.47. The van der Waals surface area contributed by atoms with Crippen LogP contribution in [0.1, 0.15) is 44.8 Å². The summed E-state index contributed by atoms with van der Waals surface area (Å²) in [5.74, 6) is 4.44. The Bertz CT molecular complexity index is 656. The van der Waals surface area contributed by atoms with Crippen LogP contribution in [0, 0.1) is 18.8 Å². The number of aryl methyl sites for hydroxylation is 1. The normalized spacial score (nSPS) is 20.6. The molecule has 3 rings (SSSR count). The molecule has 9 heteroatoms. The van der Waals surface area contributed by atoms with E-state index in [1.165, 1.54) is 19.3 Å². The molecule has 3 heterocycles. The predicted octanol–water partition coefficient (Wildman–Crippen LogP) is 2.28. The number of ether oxygens (including phenoxy) is 1. The average Bonchev–Trinajstić information content (AvgIpc) is 3.34. The standard InChI is InChI=1S/C21H39N7O.HI/c1-5-18(6-2)19-7-9-28(16-19)21(22-8-10-27-11-13-29-14-12-27)23-15-20-25-24-17(3)26(20)4;/h18-19H,5-16H2,1-4H3,(H,22,23);1H. The van der Waals surface area contributed by atoms with E-state index in [1.54, 1.807) is 0 Å². The van der Waals surface area contributed by atoms with Crippen LogP contribution in [0.4, 0.5) is 0 Å². The third-order valence-corrected chi connectivity index (χ3v) is 6.61. The second-order valence-corrected chi connectivity index (χ2v) is 8.31. The minimum absolute atomic E-state index is 0. The number of morpholine rings is 1. The zero-order valence-corrected chi connectivity index (χ0v) is 21.5. The molecule has 0 radical (unpaired) electrons. The minimum Gasteiger partial charge on any atom is -0.379 e. The Morgan fingerprint density at radius 1 is 1.20 bits per heavy atom. The summed E-state index contributed by atoms with van der Waals surface area (Å²) in [4.78, 5) is 9.85. The third kappa shape index (κ3) is 6.78. The SMILES string of the molecule is CCC(CC)C1CCN(C(=NCc2nnc(C)n2C)NCCN2CCOCC2)C1.I. The van der Waals surface area contributed by atoms with E-state index in [-0.39, 0.29) is 24.0 Å². The zero-order valence-electron chi connectivity index (χ0n) is 19.1. The molecule has 0 aliphatic carbocycles. The summed E-state index contributed by atoms with van der Waals surface area (Å²) in [6.07, 6.45) is 3.80. The van der Waals surface area contributed by atoms with Gasteiger partial charge in [0.1, 0.15) is 12.4 Å². The van der Waals surface area contributed by atoms with Gasteiger partial charge >= 0.3 is 0 Å². The molecule has 1 unspecified atom stereocenters. The van der Waals surface area contributed by atoms with Crippen molar-refractivity contribution >= 4 is 29.9 Å². The van der Waals surface area contributed by atoms with Gasteiger partial charge in [0, 0.05) is 46.3 Å². The molecule has 2 aliphatic heterocycles. The minimum atomic E-state index is 0. The molecule has 2 aliphatic rings. The van der Waals surface area contributed by atoms with Gasteiger partial charge in [0.2, 0.25) is 0 Å². The smallest absolute Gasteiger partial charge is 0.194 e. The highest BCUT2D eigenvalue weighted by atomic mass is 127. The first-order chi connectivity index (χ1) is 14.1. The van der Waals surface area contributed by atoms with E-state index in [4.69, 9.17) is 9.73 Å². The predicted molar refractivity (Wildman–Crippen MR) is 131 cm³/mol. The van der Waals surface area contributed by atoms with Gasteiger partial charge in [-0.1, -0.05) is 26.7 Å². The molecule has 30 heavy (non-hydrogen) atoms. The molecule has 0 spiro atoms. The Morgan fingerprint density at radius 3 is 2.57 bits per heavy atom. The van der Waals surface area contributed by atoms with Crippen molar-refractivity contribution in [3.8, 4) is 0 Å². The molecule has 0 saturated carbocycles. The third-order valence-electron chi connectivity index (χ3n) is 6.61. The highest BCUT2D eigenvalue weighted by molar-refractivity contribution is 14.0. The number of guanidine groups is 1. The Kier molecular flexibility index (Phi) is 10.8. The van der Waals surface area contributed by atoms with Gasteiger partial charge in [-0.2, -0.15) is 0 Å². The molecule has 0 amide bonds. The van der Waals surface area contributed by atoms with E-state index in [0.29, 0.717) is 6.54 Å². The van der Waals surface area contributed by atoms with Gasteiger partial charge in [-0.3, -0.25) is 4.90 Å². The van der Waals surface area contributed by atoms with E-state index in [0.717, 1.165) is 81.9 Å². The molecular weight excluding hydrogens is 493 g/mol. The Labute approximate surface area is 198 Å². The van der Waals surface area contributed by atoms with Crippen LogP contribution in [0.5, 0.6) is 0 Å². The summed E-state index contributed by atoms with van der Waals surface area (Å²) in [6, 6.07) is 0. The summed E-state index contributed by atoms with van der Waals surface area (Å²) < 4.78 is 7.48. The second kappa shape index (κ2) is 12.8. The molecule has 1 atom stereocenters. The van der Waals surface area contributed by atoms with E-state index >= 15 is 0 Å². The zero-order chi connectivity index (χ0) is 20.6. The number of nitrogens with zero attached hydrogens (tertiary/aromatic N) is 6. The van der Waals surface area contributed by atoms with Gasteiger partial charge in [-0.05, 0) is 25.2 Å². The Balaban J connectivity index is 0.00000320. The largest absolute Gasteiger partial charge is 0.379 e. The van der Waals surface area contributed by atoms with E-state index in [9.17, 15) is 0 Å². The lowest BCUT2D eigenvalue weighted by atomic mass is 9.87. The van der Waals surface area contributed by atoms with Crippen LogP contribution < -0.4 is 5.32 Å². The molecule has 0 bridgehead atoms. The second-order valence-electron chi connectivity index (χ2n) is 8.31. The first kappa shape index (κ1) is 25.3. The van der Waals surface area contributed by atoms with Gasteiger partial charge in [-0.15, -0.1) is 34.2 Å². The van der Waals surface area contributed by atoms with Crippen molar-refractivity contribution in [2.24, 2.45) is 23.9 Å². The number of aromatic nitrogens is 3. The van der Waals surface area contributed by atoms with E-state index in [2.05, 4.69) is 39.2 Å². The van der Waals surface area contributed by atoms with Crippen molar-refractivity contribution in [2.45, 2.75) is 46.6 Å². The van der Waals surface area contributed by atoms with Crippen LogP contribution in [0.25, 0.3) is 0 Å². The van der Waals surface area contributed by atoms with Gasteiger partial charge in [-0.25, -0.2) is 4.99 Å². The van der Waals surface area contributed by atoms with Crippen LogP contribution >= 0.6 is 24.0 Å². The molecule has 2 saturated heterocycles. The fraction of sp³-hybridized carbons (Fsp3) is 0.857. The first-order valence-electron chi connectivity index (χ1n) is 11.3. The molecule has 2 fully saturated rings. The topological polar surface area (TPSA) is 70.8 Å². The molecule has 1 aromatic heterocycles. The quantitative estimate of drug-likeness (QED) is 0.314. The van der Waals surface area contributed by atoms with E-state index in [1.807, 2.05) is 18.5 Å². The van der Waals surface area contributed by atoms with Gasteiger partial charge in [0.15, 0.2) is 11.8 Å². The number of nitrogens with one attached hydrogen (secondary N) is 1. The fourth-order valence-corrected chi connectivity index (χ4v) is 4.47. The molecule has 8 nitrogen and oxygen atoms in total. The van der Waals surface area contributed by atoms with Gasteiger partial charge in [0.25, 0.3) is 0 Å². The molecule has 172 valence electrons. The first-order valence-corrected chi connectivity index (χ1v) is 11.3. The lowest BCUT2D eigenvalue weighted by Crippen LogP contribution is -2.45. The summed E-state index contributed by atoms with van der Waals surface area (Å²) in [5, 5.41) is 12.1. The summed E-state index contributed by atoms with van der Waals surface area (Å²) in [5.41, 5.74) is 0.